The summed E-state index contributed by atoms with van der Waals surface area (Å²) < 4.78 is 20.6. The maximum atomic E-state index is 14.0. The van der Waals surface area contributed by atoms with Crippen LogP contribution in [0, 0.1) is 12.7 Å². The van der Waals surface area contributed by atoms with E-state index >= 15 is 0 Å². The molecule has 1 heterocycles. The minimum Gasteiger partial charge on any atom is -0.462 e. The molecule has 1 aromatic carbocycles. The van der Waals surface area contributed by atoms with E-state index in [1.807, 2.05) is 13.0 Å². The second-order valence-corrected chi connectivity index (χ2v) is 5.50. The lowest BCUT2D eigenvalue weighted by Gasteiger charge is -2.09. The van der Waals surface area contributed by atoms with Crippen molar-refractivity contribution in [3.8, 4) is 0 Å². The van der Waals surface area contributed by atoms with Crippen molar-refractivity contribution >= 4 is 23.4 Å². The van der Waals surface area contributed by atoms with Gasteiger partial charge in [0, 0.05) is 12.7 Å². The third-order valence-electron chi connectivity index (χ3n) is 2.77. The van der Waals surface area contributed by atoms with E-state index in [1.54, 1.807) is 18.7 Å². The van der Waals surface area contributed by atoms with Crippen LogP contribution < -0.4 is 5.73 Å². The largest absolute Gasteiger partial charge is 0.462 e. The number of rotatable bonds is 4. The van der Waals surface area contributed by atoms with Crippen LogP contribution in [0.3, 0.4) is 0 Å². The molecule has 0 bridgehead atoms. The van der Waals surface area contributed by atoms with E-state index in [2.05, 4.69) is 5.10 Å². The van der Waals surface area contributed by atoms with Gasteiger partial charge in [0.25, 0.3) is 0 Å². The van der Waals surface area contributed by atoms with Crippen LogP contribution in [-0.2, 0) is 11.8 Å². The summed E-state index contributed by atoms with van der Waals surface area (Å²) in [6, 6.07) is 4.39. The first-order valence-corrected chi connectivity index (χ1v) is 7.18. The molecule has 21 heavy (non-hydrogen) atoms. The van der Waals surface area contributed by atoms with Crippen molar-refractivity contribution in [1.82, 2.24) is 9.78 Å². The van der Waals surface area contributed by atoms with Gasteiger partial charge in [0.1, 0.15) is 5.82 Å². The normalized spacial score (nSPS) is 10.7. The highest BCUT2D eigenvalue weighted by Gasteiger charge is 2.17. The Morgan fingerprint density at radius 3 is 2.76 bits per heavy atom. The van der Waals surface area contributed by atoms with Gasteiger partial charge in [-0.15, -0.1) is 0 Å². The molecule has 5 nitrogen and oxygen atoms in total. The number of anilines is 1. The molecule has 0 aliphatic heterocycles. The first-order chi connectivity index (χ1) is 9.92. The van der Waals surface area contributed by atoms with Crippen LogP contribution >= 0.6 is 11.8 Å². The van der Waals surface area contributed by atoms with Crippen LogP contribution in [0.4, 0.5) is 10.1 Å². The highest BCUT2D eigenvalue weighted by Crippen LogP contribution is 2.32. The Labute approximate surface area is 126 Å². The number of benzene rings is 1. The van der Waals surface area contributed by atoms with E-state index < -0.39 is 11.8 Å². The van der Waals surface area contributed by atoms with Gasteiger partial charge in [0.2, 0.25) is 0 Å². The minimum atomic E-state index is -0.557. The molecule has 2 N–H and O–H groups in total. The smallest absolute Gasteiger partial charge is 0.340 e. The Balaban J connectivity index is 2.37. The van der Waals surface area contributed by atoms with Crippen molar-refractivity contribution in [3.63, 3.8) is 0 Å². The fourth-order valence-electron chi connectivity index (χ4n) is 1.83. The van der Waals surface area contributed by atoms with Crippen molar-refractivity contribution in [2.45, 2.75) is 23.8 Å². The van der Waals surface area contributed by atoms with E-state index in [-0.39, 0.29) is 17.9 Å². The van der Waals surface area contributed by atoms with Gasteiger partial charge in [-0.3, -0.25) is 4.68 Å². The molecule has 0 radical (unpaired) electrons. The molecular weight excluding hydrogens is 293 g/mol. The number of hydrogen-bond acceptors (Lipinski definition) is 5. The molecule has 0 saturated heterocycles. The molecule has 112 valence electrons. The van der Waals surface area contributed by atoms with Gasteiger partial charge in [-0.1, -0.05) is 11.8 Å². The maximum Gasteiger partial charge on any atom is 0.340 e. The lowest BCUT2D eigenvalue weighted by Crippen LogP contribution is -2.09. The number of ether oxygens (including phenoxy) is 1. The van der Waals surface area contributed by atoms with Crippen LogP contribution in [0.5, 0.6) is 0 Å². The molecule has 2 rings (SSSR count). The van der Waals surface area contributed by atoms with E-state index in [0.717, 1.165) is 16.8 Å². The highest BCUT2D eigenvalue weighted by molar-refractivity contribution is 7.99. The zero-order valence-electron chi connectivity index (χ0n) is 12.0. The number of nitrogens with zero attached hydrogens (tertiary/aromatic N) is 2. The lowest BCUT2D eigenvalue weighted by molar-refractivity contribution is 0.0527. The predicted octanol–water partition coefficient (Wildman–Crippen LogP) is 2.78. The molecule has 0 aliphatic carbocycles. The number of nitrogens with two attached hydrogens (primary N) is 1. The summed E-state index contributed by atoms with van der Waals surface area (Å²) in [6.45, 7) is 3.79. The molecule has 0 atom stereocenters. The molecule has 0 fully saturated rings. The number of carbonyl (C=O) groups is 1. The van der Waals surface area contributed by atoms with Crippen LogP contribution in [0.1, 0.15) is 23.0 Å². The number of nitrogen functional groups attached to an aromatic ring is 1. The Kier molecular flexibility index (Phi) is 4.52. The average Bonchev–Trinajstić information content (AvgIpc) is 2.71. The number of hydrogen-bond donors (Lipinski definition) is 1. The van der Waals surface area contributed by atoms with Crippen LogP contribution in [-0.4, -0.2) is 22.4 Å². The molecule has 2 aromatic rings. The van der Waals surface area contributed by atoms with Crippen LogP contribution in [0.2, 0.25) is 0 Å². The number of esters is 1. The van der Waals surface area contributed by atoms with Crippen molar-refractivity contribution in [2.75, 3.05) is 12.3 Å². The monoisotopic (exact) mass is 309 g/mol. The van der Waals surface area contributed by atoms with Gasteiger partial charge >= 0.3 is 5.97 Å². The summed E-state index contributed by atoms with van der Waals surface area (Å²) in [7, 11) is 1.77. The molecule has 0 aliphatic rings. The van der Waals surface area contributed by atoms with Gasteiger partial charge in [0.15, 0.2) is 0 Å². The third kappa shape index (κ3) is 3.36. The van der Waals surface area contributed by atoms with Crippen molar-refractivity contribution in [2.24, 2.45) is 7.05 Å². The number of carbonyl (C=O) groups excluding carboxylic acids is 1. The fourth-order valence-corrected chi connectivity index (χ4v) is 2.79. The van der Waals surface area contributed by atoms with Crippen molar-refractivity contribution in [3.05, 3.63) is 35.3 Å². The summed E-state index contributed by atoms with van der Waals surface area (Å²) in [5.41, 5.74) is 6.75. The second kappa shape index (κ2) is 6.17. The fraction of sp³-hybridized carbons (Fsp3) is 0.286. The van der Waals surface area contributed by atoms with E-state index in [4.69, 9.17) is 10.5 Å². The molecule has 7 heteroatoms. The van der Waals surface area contributed by atoms with E-state index in [1.165, 1.54) is 17.8 Å². The van der Waals surface area contributed by atoms with Crippen molar-refractivity contribution < 1.29 is 13.9 Å². The predicted molar refractivity (Wildman–Crippen MR) is 78.8 cm³/mol. The molecule has 0 unspecified atom stereocenters. The number of aromatic nitrogens is 2. The summed E-state index contributed by atoms with van der Waals surface area (Å²) in [4.78, 5) is 12.1. The first kappa shape index (κ1) is 15.4. The summed E-state index contributed by atoms with van der Waals surface area (Å²) >= 11 is 1.18. The Hall–Kier alpha value is -2.02. The van der Waals surface area contributed by atoms with Gasteiger partial charge in [-0.25, -0.2) is 9.18 Å². The minimum absolute atomic E-state index is 0.0662. The lowest BCUT2D eigenvalue weighted by atomic mass is 10.2. The molecular formula is C14H16FN3O2S. The van der Waals surface area contributed by atoms with Gasteiger partial charge < -0.3 is 10.5 Å². The zero-order valence-corrected chi connectivity index (χ0v) is 12.8. The average molecular weight is 309 g/mol. The molecule has 0 amide bonds. The number of aryl methyl sites for hydroxylation is 2. The standard InChI is InChI=1S/C14H16FN3O2S/c1-4-20-14(19)9-6-12(10(15)7-11(9)16)21-13-5-8(2)17-18(13)3/h5-7H,4,16H2,1-3H3. The summed E-state index contributed by atoms with van der Waals surface area (Å²) in [5, 5.41) is 4.97. The first-order valence-electron chi connectivity index (χ1n) is 6.37. The summed E-state index contributed by atoms with van der Waals surface area (Å²) in [5.74, 6) is -1.04. The SMILES string of the molecule is CCOC(=O)c1cc(Sc2cc(C)nn2C)c(F)cc1N. The van der Waals surface area contributed by atoms with Crippen molar-refractivity contribution in [1.29, 1.82) is 0 Å². The molecule has 0 spiro atoms. The maximum absolute atomic E-state index is 14.0. The highest BCUT2D eigenvalue weighted by atomic mass is 32.2. The van der Waals surface area contributed by atoms with Gasteiger partial charge in [-0.05, 0) is 32.0 Å². The van der Waals surface area contributed by atoms with E-state index in [9.17, 15) is 9.18 Å². The van der Waals surface area contributed by atoms with Crippen LogP contribution in [0.15, 0.2) is 28.1 Å². The third-order valence-corrected chi connectivity index (χ3v) is 3.90. The topological polar surface area (TPSA) is 70.1 Å². The molecule has 0 saturated carbocycles. The Morgan fingerprint density at radius 2 is 2.19 bits per heavy atom. The zero-order chi connectivity index (χ0) is 15.6. The second-order valence-electron chi connectivity index (χ2n) is 4.44. The number of halogens is 1. The Bertz CT molecular complexity index is 685. The van der Waals surface area contributed by atoms with E-state index in [0.29, 0.717) is 4.90 Å². The van der Waals surface area contributed by atoms with Gasteiger partial charge in [0.05, 0.1) is 27.8 Å². The quantitative estimate of drug-likeness (QED) is 0.694. The Morgan fingerprint density at radius 1 is 1.48 bits per heavy atom. The summed E-state index contributed by atoms with van der Waals surface area (Å²) in [6.07, 6.45) is 0. The van der Waals surface area contributed by atoms with Crippen LogP contribution in [0.25, 0.3) is 0 Å². The molecule has 1 aromatic heterocycles. The van der Waals surface area contributed by atoms with Gasteiger partial charge in [-0.2, -0.15) is 5.10 Å².